The maximum absolute atomic E-state index is 9.37. The number of hydrogen-bond acceptors (Lipinski definition) is 3. The van der Waals surface area contributed by atoms with E-state index in [1.165, 1.54) is 0 Å². The number of benzene rings is 1. The van der Waals surface area contributed by atoms with Gasteiger partial charge in [0.05, 0.1) is 12.3 Å². The van der Waals surface area contributed by atoms with Crippen LogP contribution in [0.3, 0.4) is 0 Å². The van der Waals surface area contributed by atoms with Crippen molar-refractivity contribution >= 4 is 0 Å². The second kappa shape index (κ2) is 4.34. The molecule has 0 aliphatic heterocycles. The highest BCUT2D eigenvalue weighted by molar-refractivity contribution is 5.53. The molecule has 2 aromatic rings. The molecule has 0 radical (unpaired) electrons. The summed E-state index contributed by atoms with van der Waals surface area (Å²) in [6.07, 6.45) is 0. The van der Waals surface area contributed by atoms with Gasteiger partial charge in [0.15, 0.2) is 0 Å². The van der Waals surface area contributed by atoms with Crippen LogP contribution in [0.1, 0.15) is 25.3 Å². The highest BCUT2D eigenvalue weighted by Gasteiger charge is 2.27. The highest BCUT2D eigenvalue weighted by atomic mass is 16.4. The molecule has 0 aliphatic rings. The van der Waals surface area contributed by atoms with E-state index in [4.69, 9.17) is 4.42 Å². The van der Waals surface area contributed by atoms with Crippen molar-refractivity contribution in [3.63, 3.8) is 0 Å². The Kier molecular flexibility index (Phi) is 3.03. The summed E-state index contributed by atoms with van der Waals surface area (Å²) in [6, 6.07) is 9.78. The van der Waals surface area contributed by atoms with Gasteiger partial charge in [-0.3, -0.25) is 0 Å². The standard InChI is InChI=1S/C14H17NO2/c1-10-12(14(2,3)9-16)15-13(17-10)11-7-5-4-6-8-11/h4-8,16H,9H2,1-3H3. The Balaban J connectivity index is 2.45. The third-order valence-electron chi connectivity index (χ3n) is 2.85. The lowest BCUT2D eigenvalue weighted by Gasteiger charge is -2.18. The summed E-state index contributed by atoms with van der Waals surface area (Å²) < 4.78 is 5.67. The molecule has 0 aliphatic carbocycles. The van der Waals surface area contributed by atoms with Gasteiger partial charge in [-0.05, 0) is 19.1 Å². The van der Waals surface area contributed by atoms with E-state index in [0.29, 0.717) is 5.89 Å². The molecule has 0 saturated carbocycles. The van der Waals surface area contributed by atoms with Crippen molar-refractivity contribution in [3.05, 3.63) is 41.8 Å². The molecule has 1 aromatic carbocycles. The van der Waals surface area contributed by atoms with E-state index >= 15 is 0 Å². The maximum Gasteiger partial charge on any atom is 0.226 e. The van der Waals surface area contributed by atoms with E-state index in [0.717, 1.165) is 17.0 Å². The van der Waals surface area contributed by atoms with Gasteiger partial charge in [0.1, 0.15) is 5.76 Å². The highest BCUT2D eigenvalue weighted by Crippen LogP contribution is 2.29. The summed E-state index contributed by atoms with van der Waals surface area (Å²) in [7, 11) is 0. The minimum Gasteiger partial charge on any atom is -0.441 e. The molecule has 3 heteroatoms. The van der Waals surface area contributed by atoms with Crippen molar-refractivity contribution in [1.82, 2.24) is 4.98 Å². The summed E-state index contributed by atoms with van der Waals surface area (Å²) >= 11 is 0. The van der Waals surface area contributed by atoms with Crippen LogP contribution in [-0.2, 0) is 5.41 Å². The molecular formula is C14H17NO2. The molecule has 1 aromatic heterocycles. The minimum absolute atomic E-state index is 0.0502. The first kappa shape index (κ1) is 11.9. The Morgan fingerprint density at radius 2 is 1.88 bits per heavy atom. The lowest BCUT2D eigenvalue weighted by Crippen LogP contribution is -2.23. The van der Waals surface area contributed by atoms with Crippen LogP contribution in [0.15, 0.2) is 34.7 Å². The SMILES string of the molecule is Cc1oc(-c2ccccc2)nc1C(C)(C)CO. The van der Waals surface area contributed by atoms with Crippen LogP contribution in [0.5, 0.6) is 0 Å². The van der Waals surface area contributed by atoms with Crippen molar-refractivity contribution in [1.29, 1.82) is 0 Å². The van der Waals surface area contributed by atoms with Gasteiger partial charge in [0.25, 0.3) is 0 Å². The molecule has 17 heavy (non-hydrogen) atoms. The number of aromatic nitrogens is 1. The summed E-state index contributed by atoms with van der Waals surface area (Å²) in [5.74, 6) is 1.38. The van der Waals surface area contributed by atoms with Crippen molar-refractivity contribution < 1.29 is 9.52 Å². The summed E-state index contributed by atoms with van der Waals surface area (Å²) in [4.78, 5) is 4.50. The second-order valence-corrected chi connectivity index (χ2v) is 4.83. The average Bonchev–Trinajstić information content (AvgIpc) is 2.73. The molecule has 3 nitrogen and oxygen atoms in total. The number of hydrogen-bond donors (Lipinski definition) is 1. The smallest absolute Gasteiger partial charge is 0.226 e. The van der Waals surface area contributed by atoms with Gasteiger partial charge in [-0.1, -0.05) is 32.0 Å². The van der Waals surface area contributed by atoms with Gasteiger partial charge in [-0.15, -0.1) is 0 Å². The number of aliphatic hydroxyl groups excluding tert-OH is 1. The number of aliphatic hydroxyl groups is 1. The molecule has 0 fully saturated rings. The minimum atomic E-state index is -0.374. The summed E-state index contributed by atoms with van der Waals surface area (Å²) in [6.45, 7) is 5.83. The van der Waals surface area contributed by atoms with Crippen molar-refractivity contribution in [2.45, 2.75) is 26.2 Å². The van der Waals surface area contributed by atoms with Crippen LogP contribution >= 0.6 is 0 Å². The third kappa shape index (κ3) is 2.24. The molecular weight excluding hydrogens is 214 g/mol. The van der Waals surface area contributed by atoms with Gasteiger partial charge in [0.2, 0.25) is 5.89 Å². The fraction of sp³-hybridized carbons (Fsp3) is 0.357. The van der Waals surface area contributed by atoms with E-state index in [9.17, 15) is 5.11 Å². The third-order valence-corrected chi connectivity index (χ3v) is 2.85. The Labute approximate surface area is 101 Å². The van der Waals surface area contributed by atoms with Crippen LogP contribution in [0.4, 0.5) is 0 Å². The van der Waals surface area contributed by atoms with Gasteiger partial charge in [0, 0.05) is 11.0 Å². The van der Waals surface area contributed by atoms with Crippen molar-refractivity contribution in [2.75, 3.05) is 6.61 Å². The van der Waals surface area contributed by atoms with Crippen molar-refractivity contribution in [2.24, 2.45) is 0 Å². The molecule has 0 unspecified atom stereocenters. The monoisotopic (exact) mass is 231 g/mol. The van der Waals surface area contributed by atoms with E-state index in [-0.39, 0.29) is 12.0 Å². The lowest BCUT2D eigenvalue weighted by atomic mass is 9.89. The van der Waals surface area contributed by atoms with Gasteiger partial charge in [-0.2, -0.15) is 0 Å². The predicted octanol–water partition coefficient (Wildman–Crippen LogP) is 2.92. The zero-order valence-electron chi connectivity index (χ0n) is 10.4. The van der Waals surface area contributed by atoms with Gasteiger partial charge in [-0.25, -0.2) is 4.98 Å². The van der Waals surface area contributed by atoms with Crippen LogP contribution in [0.2, 0.25) is 0 Å². The molecule has 0 atom stereocenters. The van der Waals surface area contributed by atoms with E-state index in [1.54, 1.807) is 0 Å². The van der Waals surface area contributed by atoms with Gasteiger partial charge < -0.3 is 9.52 Å². The van der Waals surface area contributed by atoms with Crippen LogP contribution < -0.4 is 0 Å². The Hall–Kier alpha value is -1.61. The normalized spacial score (nSPS) is 11.8. The predicted molar refractivity (Wildman–Crippen MR) is 66.8 cm³/mol. The fourth-order valence-corrected chi connectivity index (χ4v) is 1.80. The largest absolute Gasteiger partial charge is 0.441 e. The molecule has 1 heterocycles. The quantitative estimate of drug-likeness (QED) is 0.883. The first-order chi connectivity index (χ1) is 8.04. The Morgan fingerprint density at radius 1 is 1.24 bits per heavy atom. The molecule has 1 N–H and O–H groups in total. The van der Waals surface area contributed by atoms with Crippen LogP contribution in [0, 0.1) is 6.92 Å². The van der Waals surface area contributed by atoms with Crippen LogP contribution in [-0.4, -0.2) is 16.7 Å². The average molecular weight is 231 g/mol. The number of oxazole rings is 1. The maximum atomic E-state index is 9.37. The fourth-order valence-electron chi connectivity index (χ4n) is 1.80. The molecule has 0 spiro atoms. The Bertz CT molecular complexity index is 500. The Morgan fingerprint density at radius 3 is 2.47 bits per heavy atom. The summed E-state index contributed by atoms with van der Waals surface area (Å²) in [5, 5.41) is 9.37. The number of nitrogens with zero attached hydrogens (tertiary/aromatic N) is 1. The molecule has 0 saturated heterocycles. The first-order valence-corrected chi connectivity index (χ1v) is 5.69. The number of rotatable bonds is 3. The summed E-state index contributed by atoms with van der Waals surface area (Å²) in [5.41, 5.74) is 1.40. The second-order valence-electron chi connectivity index (χ2n) is 4.83. The van der Waals surface area contributed by atoms with E-state index in [2.05, 4.69) is 4.98 Å². The molecule has 90 valence electrons. The van der Waals surface area contributed by atoms with Crippen LogP contribution in [0.25, 0.3) is 11.5 Å². The van der Waals surface area contributed by atoms with Gasteiger partial charge >= 0.3 is 0 Å². The molecule has 0 bridgehead atoms. The molecule has 0 amide bonds. The number of aryl methyl sites for hydroxylation is 1. The zero-order chi connectivity index (χ0) is 12.5. The molecule has 2 rings (SSSR count). The zero-order valence-corrected chi connectivity index (χ0v) is 10.4. The van der Waals surface area contributed by atoms with E-state index in [1.807, 2.05) is 51.1 Å². The first-order valence-electron chi connectivity index (χ1n) is 5.69. The van der Waals surface area contributed by atoms with Crippen molar-refractivity contribution in [3.8, 4) is 11.5 Å². The topological polar surface area (TPSA) is 46.3 Å². The lowest BCUT2D eigenvalue weighted by molar-refractivity contribution is 0.214. The van der Waals surface area contributed by atoms with E-state index < -0.39 is 0 Å².